The van der Waals surface area contributed by atoms with Gasteiger partial charge in [-0.3, -0.25) is 19.3 Å². The predicted octanol–water partition coefficient (Wildman–Crippen LogP) is 2.69. The van der Waals surface area contributed by atoms with Crippen molar-refractivity contribution < 1.29 is 14.4 Å². The van der Waals surface area contributed by atoms with Crippen molar-refractivity contribution in [3.8, 4) is 0 Å². The maximum atomic E-state index is 12.9. The molecule has 0 bridgehead atoms. The van der Waals surface area contributed by atoms with E-state index in [-0.39, 0.29) is 36.1 Å². The molecule has 1 aliphatic carbocycles. The number of imide groups is 1. The second kappa shape index (κ2) is 6.83. The van der Waals surface area contributed by atoms with Crippen molar-refractivity contribution >= 4 is 35.2 Å². The molecule has 6 heteroatoms. The number of carbonyl (C=O) groups excluding carboxylic acids is 3. The standard InChI is InChI=1S/C19H22N2O3S/c22-17(20-10-5-11-25-16-9-4-3-8-15(16)20)12-21-18(23)13-6-1-2-7-14(13)19(21)24/h3-4,8-9,13-14H,1-2,5-7,10-12H2/t13-,14+. The van der Waals surface area contributed by atoms with Crippen LogP contribution in [0.4, 0.5) is 5.69 Å². The van der Waals surface area contributed by atoms with Crippen LogP contribution in [0.1, 0.15) is 32.1 Å². The largest absolute Gasteiger partial charge is 0.310 e. The summed E-state index contributed by atoms with van der Waals surface area (Å²) in [5, 5.41) is 0. The van der Waals surface area contributed by atoms with Gasteiger partial charge in [0.1, 0.15) is 6.54 Å². The van der Waals surface area contributed by atoms with Gasteiger partial charge in [-0.2, -0.15) is 0 Å². The number of thioether (sulfide) groups is 1. The second-order valence-corrected chi connectivity index (χ2v) is 8.11. The van der Waals surface area contributed by atoms with Gasteiger partial charge in [0.2, 0.25) is 17.7 Å². The minimum atomic E-state index is -0.193. The van der Waals surface area contributed by atoms with Crippen molar-refractivity contribution in [2.75, 3.05) is 23.7 Å². The molecule has 2 atom stereocenters. The summed E-state index contributed by atoms with van der Waals surface area (Å²) in [6.07, 6.45) is 4.46. The average Bonchev–Trinajstić information content (AvgIpc) is 2.81. The molecule has 1 saturated heterocycles. The molecule has 2 aliphatic heterocycles. The maximum absolute atomic E-state index is 12.9. The summed E-state index contributed by atoms with van der Waals surface area (Å²) in [6.45, 7) is 0.510. The molecule has 0 unspecified atom stereocenters. The molecule has 132 valence electrons. The van der Waals surface area contributed by atoms with Gasteiger partial charge >= 0.3 is 0 Å². The number of amides is 3. The Morgan fingerprint density at radius 3 is 2.44 bits per heavy atom. The average molecular weight is 358 g/mol. The molecule has 0 spiro atoms. The number of hydrogen-bond acceptors (Lipinski definition) is 4. The Balaban J connectivity index is 1.54. The Morgan fingerprint density at radius 1 is 1.04 bits per heavy atom. The summed E-state index contributed by atoms with van der Waals surface area (Å²) < 4.78 is 0. The number of fused-ring (bicyclic) bond motifs is 2. The molecule has 3 amide bonds. The van der Waals surface area contributed by atoms with E-state index >= 15 is 0 Å². The quantitative estimate of drug-likeness (QED) is 0.763. The molecule has 2 heterocycles. The molecule has 1 aromatic carbocycles. The number of rotatable bonds is 2. The molecule has 5 nitrogen and oxygen atoms in total. The minimum Gasteiger partial charge on any atom is -0.310 e. The molecule has 4 rings (SSSR count). The summed E-state index contributed by atoms with van der Waals surface area (Å²) in [7, 11) is 0. The third-order valence-corrected chi connectivity index (χ3v) is 6.62. The van der Waals surface area contributed by atoms with Gasteiger partial charge in [-0.05, 0) is 37.1 Å². The van der Waals surface area contributed by atoms with Crippen LogP contribution in [0.15, 0.2) is 29.2 Å². The van der Waals surface area contributed by atoms with Crippen molar-refractivity contribution in [1.82, 2.24) is 4.90 Å². The highest BCUT2D eigenvalue weighted by atomic mass is 32.2. The van der Waals surface area contributed by atoms with Gasteiger partial charge in [-0.15, -0.1) is 11.8 Å². The van der Waals surface area contributed by atoms with Crippen LogP contribution in [0.3, 0.4) is 0 Å². The summed E-state index contributed by atoms with van der Waals surface area (Å²) in [5.74, 6) is 0.144. The first-order valence-electron chi connectivity index (χ1n) is 9.04. The smallest absolute Gasteiger partial charge is 0.247 e. The zero-order valence-corrected chi connectivity index (χ0v) is 15.0. The normalized spacial score (nSPS) is 26.2. The van der Waals surface area contributed by atoms with Crippen LogP contribution in [-0.4, -0.2) is 41.5 Å². The van der Waals surface area contributed by atoms with Crippen molar-refractivity contribution in [3.05, 3.63) is 24.3 Å². The molecule has 0 N–H and O–H groups in total. The van der Waals surface area contributed by atoms with Crippen LogP contribution in [0, 0.1) is 11.8 Å². The Bertz CT molecular complexity index is 696. The first-order chi connectivity index (χ1) is 12.2. The summed E-state index contributed by atoms with van der Waals surface area (Å²) in [4.78, 5) is 42.2. The molecule has 1 saturated carbocycles. The third-order valence-electron chi connectivity index (χ3n) is 5.47. The topological polar surface area (TPSA) is 57.7 Å². The third kappa shape index (κ3) is 2.97. The van der Waals surface area contributed by atoms with Crippen LogP contribution < -0.4 is 4.90 Å². The lowest BCUT2D eigenvalue weighted by atomic mass is 9.81. The molecular formula is C19H22N2O3S. The maximum Gasteiger partial charge on any atom is 0.247 e. The highest BCUT2D eigenvalue weighted by Gasteiger charge is 2.48. The molecular weight excluding hydrogens is 336 g/mol. The molecule has 3 aliphatic rings. The van der Waals surface area contributed by atoms with E-state index in [4.69, 9.17) is 0 Å². The van der Waals surface area contributed by atoms with Crippen LogP contribution >= 0.6 is 11.8 Å². The molecule has 25 heavy (non-hydrogen) atoms. The van der Waals surface area contributed by atoms with Crippen molar-refractivity contribution in [3.63, 3.8) is 0 Å². The Kier molecular flexibility index (Phi) is 4.54. The fourth-order valence-corrected chi connectivity index (χ4v) is 5.19. The molecule has 0 aromatic heterocycles. The number of para-hydroxylation sites is 1. The lowest BCUT2D eigenvalue weighted by molar-refractivity contribution is -0.143. The van der Waals surface area contributed by atoms with Crippen LogP contribution in [0.5, 0.6) is 0 Å². The van der Waals surface area contributed by atoms with E-state index < -0.39 is 0 Å². The van der Waals surface area contributed by atoms with Crippen LogP contribution in [0.25, 0.3) is 0 Å². The Morgan fingerprint density at radius 2 is 1.72 bits per heavy atom. The fraction of sp³-hybridized carbons (Fsp3) is 0.526. The van der Waals surface area contributed by atoms with E-state index in [2.05, 4.69) is 0 Å². The van der Waals surface area contributed by atoms with Crippen molar-refractivity contribution in [1.29, 1.82) is 0 Å². The predicted molar refractivity (Wildman–Crippen MR) is 96.3 cm³/mol. The van der Waals surface area contributed by atoms with Gasteiger partial charge in [-0.1, -0.05) is 25.0 Å². The lowest BCUT2D eigenvalue weighted by Gasteiger charge is -2.25. The highest BCUT2D eigenvalue weighted by Crippen LogP contribution is 2.38. The summed E-state index contributed by atoms with van der Waals surface area (Å²) in [5.41, 5.74) is 0.895. The summed E-state index contributed by atoms with van der Waals surface area (Å²) in [6, 6.07) is 7.86. The second-order valence-electron chi connectivity index (χ2n) is 6.98. The SMILES string of the molecule is O=C1[C@H]2CCCC[C@H]2C(=O)N1CC(=O)N1CCCSc2ccccc21. The van der Waals surface area contributed by atoms with E-state index in [9.17, 15) is 14.4 Å². The first kappa shape index (κ1) is 16.6. The number of nitrogens with zero attached hydrogens (tertiary/aromatic N) is 2. The number of hydrogen-bond donors (Lipinski definition) is 0. The van der Waals surface area contributed by atoms with Crippen molar-refractivity contribution in [2.24, 2.45) is 11.8 Å². The van der Waals surface area contributed by atoms with E-state index in [0.717, 1.165) is 48.4 Å². The zero-order valence-electron chi connectivity index (χ0n) is 14.1. The number of likely N-dealkylation sites (tertiary alicyclic amines) is 1. The van der Waals surface area contributed by atoms with Crippen LogP contribution in [0.2, 0.25) is 0 Å². The lowest BCUT2D eigenvalue weighted by Crippen LogP contribution is -2.43. The Hall–Kier alpha value is -1.82. The van der Waals surface area contributed by atoms with E-state index in [1.165, 1.54) is 4.90 Å². The number of carbonyl (C=O) groups is 3. The highest BCUT2D eigenvalue weighted by molar-refractivity contribution is 7.99. The number of anilines is 1. The van der Waals surface area contributed by atoms with E-state index in [1.54, 1.807) is 16.7 Å². The summed E-state index contributed by atoms with van der Waals surface area (Å²) >= 11 is 1.75. The van der Waals surface area contributed by atoms with Gasteiger partial charge in [0.05, 0.1) is 17.5 Å². The van der Waals surface area contributed by atoms with Gasteiger partial charge in [-0.25, -0.2) is 0 Å². The van der Waals surface area contributed by atoms with Gasteiger partial charge in [0.25, 0.3) is 0 Å². The molecule has 2 fully saturated rings. The van der Waals surface area contributed by atoms with E-state index in [1.807, 2.05) is 24.3 Å². The van der Waals surface area contributed by atoms with Gasteiger partial charge in [0, 0.05) is 11.4 Å². The van der Waals surface area contributed by atoms with Gasteiger partial charge in [0.15, 0.2) is 0 Å². The Labute approximate surface area is 151 Å². The molecule has 0 radical (unpaired) electrons. The minimum absolute atomic E-state index is 0.121. The van der Waals surface area contributed by atoms with E-state index in [0.29, 0.717) is 6.54 Å². The van der Waals surface area contributed by atoms with Crippen molar-refractivity contribution in [2.45, 2.75) is 37.0 Å². The molecule has 1 aromatic rings. The monoisotopic (exact) mass is 358 g/mol. The van der Waals surface area contributed by atoms with Gasteiger partial charge < -0.3 is 4.90 Å². The zero-order chi connectivity index (χ0) is 17.4. The first-order valence-corrected chi connectivity index (χ1v) is 10.0. The number of benzene rings is 1. The fourth-order valence-electron chi connectivity index (χ4n) is 4.19. The van der Waals surface area contributed by atoms with Crippen LogP contribution in [-0.2, 0) is 14.4 Å².